The Labute approximate surface area is 112 Å². The van der Waals surface area contributed by atoms with Gasteiger partial charge in [0.25, 0.3) is 0 Å². The molecule has 1 unspecified atom stereocenters. The molecule has 0 fully saturated rings. The second-order valence-electron chi connectivity index (χ2n) is 3.89. The number of benzene rings is 1. The van der Waals surface area contributed by atoms with Gasteiger partial charge in [-0.2, -0.15) is 0 Å². The van der Waals surface area contributed by atoms with Crippen molar-refractivity contribution < 1.29 is 9.90 Å². The number of aryl methyl sites for hydroxylation is 1. The summed E-state index contributed by atoms with van der Waals surface area (Å²) >= 11 is 3.36. The van der Waals surface area contributed by atoms with Crippen LogP contribution in [0.4, 0.5) is 0 Å². The van der Waals surface area contributed by atoms with Crippen LogP contribution in [0, 0.1) is 0 Å². The fraction of sp³-hybridized carbons (Fsp3) is 0.273. The fourth-order valence-corrected chi connectivity index (χ4v) is 2.17. The van der Waals surface area contributed by atoms with E-state index < -0.39 is 11.9 Å². The molecule has 1 aromatic heterocycles. The van der Waals surface area contributed by atoms with Crippen molar-refractivity contribution in [2.24, 2.45) is 7.05 Å². The molecule has 0 radical (unpaired) electrons. The lowest BCUT2D eigenvalue weighted by Crippen LogP contribution is -2.19. The van der Waals surface area contributed by atoms with Crippen LogP contribution in [0.15, 0.2) is 28.7 Å². The lowest BCUT2D eigenvalue weighted by molar-refractivity contribution is -0.139. The van der Waals surface area contributed by atoms with Gasteiger partial charge < -0.3 is 5.11 Å². The first-order valence-electron chi connectivity index (χ1n) is 5.27. The van der Waals surface area contributed by atoms with Gasteiger partial charge in [0.05, 0.1) is 0 Å². The first kappa shape index (κ1) is 12.7. The predicted octanol–water partition coefficient (Wildman–Crippen LogP) is 1.38. The Morgan fingerprint density at radius 1 is 1.56 bits per heavy atom. The predicted molar refractivity (Wildman–Crippen MR) is 67.0 cm³/mol. The minimum atomic E-state index is -0.937. The fourth-order valence-electron chi connectivity index (χ4n) is 1.72. The molecule has 0 aliphatic rings. The first-order chi connectivity index (χ1) is 8.58. The zero-order valence-electron chi connectivity index (χ0n) is 9.62. The van der Waals surface area contributed by atoms with Gasteiger partial charge in [-0.25, -0.2) is 4.68 Å². The largest absolute Gasteiger partial charge is 0.481 e. The molecule has 0 aliphatic heterocycles. The molecular weight excluding hydrogens is 300 g/mol. The third-order valence-corrected chi connectivity index (χ3v) is 3.08. The molecule has 18 heavy (non-hydrogen) atoms. The normalized spacial score (nSPS) is 12.3. The lowest BCUT2D eigenvalue weighted by atomic mass is 9.99. The summed E-state index contributed by atoms with van der Waals surface area (Å²) in [7, 11) is 1.63. The van der Waals surface area contributed by atoms with E-state index in [1.807, 2.05) is 24.3 Å². The minimum Gasteiger partial charge on any atom is -0.481 e. The monoisotopic (exact) mass is 310 g/mol. The van der Waals surface area contributed by atoms with Gasteiger partial charge in [-0.05, 0) is 34.5 Å². The van der Waals surface area contributed by atoms with Crippen molar-refractivity contribution in [3.8, 4) is 0 Å². The summed E-state index contributed by atoms with van der Waals surface area (Å²) in [5, 5.41) is 20.2. The van der Waals surface area contributed by atoms with E-state index in [-0.39, 0.29) is 0 Å². The van der Waals surface area contributed by atoms with Crippen molar-refractivity contribution in [3.05, 3.63) is 40.1 Å². The first-order valence-corrected chi connectivity index (χ1v) is 6.06. The smallest absolute Gasteiger partial charge is 0.314 e. The van der Waals surface area contributed by atoms with Gasteiger partial charge in [0.1, 0.15) is 5.92 Å². The van der Waals surface area contributed by atoms with Crippen molar-refractivity contribution in [2.45, 2.75) is 12.3 Å². The van der Waals surface area contributed by atoms with Crippen LogP contribution in [0.5, 0.6) is 0 Å². The molecule has 0 aliphatic carbocycles. The van der Waals surface area contributed by atoms with E-state index in [1.165, 1.54) is 4.68 Å². The zero-order chi connectivity index (χ0) is 13.1. The minimum absolute atomic E-state index is 0.350. The van der Waals surface area contributed by atoms with E-state index in [4.69, 9.17) is 0 Å². The molecule has 94 valence electrons. The summed E-state index contributed by atoms with van der Waals surface area (Å²) in [6.45, 7) is 0. The number of aromatic nitrogens is 4. The van der Waals surface area contributed by atoms with Crippen LogP contribution in [0.25, 0.3) is 0 Å². The number of tetrazole rings is 1. The number of halogens is 1. The lowest BCUT2D eigenvalue weighted by Gasteiger charge is -2.10. The van der Waals surface area contributed by atoms with Gasteiger partial charge in [0, 0.05) is 11.5 Å². The number of carbonyl (C=O) groups is 1. The van der Waals surface area contributed by atoms with E-state index in [0.29, 0.717) is 12.2 Å². The Morgan fingerprint density at radius 2 is 2.33 bits per heavy atom. The van der Waals surface area contributed by atoms with E-state index in [2.05, 4.69) is 31.5 Å². The number of aliphatic carboxylic acids is 1. The maximum atomic E-state index is 11.3. The molecule has 0 bridgehead atoms. The Hall–Kier alpha value is -1.76. The molecule has 0 saturated carbocycles. The summed E-state index contributed by atoms with van der Waals surface area (Å²) in [5.41, 5.74) is 0.916. The molecule has 7 heteroatoms. The Bertz CT molecular complexity index is 570. The summed E-state index contributed by atoms with van der Waals surface area (Å²) in [6, 6.07) is 7.53. The van der Waals surface area contributed by atoms with E-state index in [1.54, 1.807) is 7.05 Å². The van der Waals surface area contributed by atoms with Gasteiger partial charge in [0.15, 0.2) is 5.82 Å². The molecule has 1 heterocycles. The number of hydrogen-bond acceptors (Lipinski definition) is 4. The van der Waals surface area contributed by atoms with Crippen LogP contribution in [0.3, 0.4) is 0 Å². The topological polar surface area (TPSA) is 80.9 Å². The summed E-state index contributed by atoms with van der Waals surface area (Å²) < 4.78 is 2.30. The Morgan fingerprint density at radius 3 is 2.89 bits per heavy atom. The standard InChI is InChI=1S/C11H11BrN4O2/c1-16-10(13-14-15-16)9(11(17)18)6-7-3-2-4-8(12)5-7/h2-5,9H,6H2,1H3,(H,17,18). The van der Waals surface area contributed by atoms with Crippen molar-refractivity contribution in [1.82, 2.24) is 20.2 Å². The molecule has 1 aromatic carbocycles. The maximum Gasteiger partial charge on any atom is 0.314 e. The van der Waals surface area contributed by atoms with Crippen molar-refractivity contribution >= 4 is 21.9 Å². The SMILES string of the molecule is Cn1nnnc1C(Cc1cccc(Br)c1)C(=O)O. The maximum absolute atomic E-state index is 11.3. The van der Waals surface area contributed by atoms with Crippen molar-refractivity contribution in [2.75, 3.05) is 0 Å². The summed E-state index contributed by atoms with van der Waals surface area (Å²) in [5.74, 6) is -1.34. The Balaban J connectivity index is 2.28. The van der Waals surface area contributed by atoms with Crippen LogP contribution < -0.4 is 0 Å². The quantitative estimate of drug-likeness (QED) is 0.922. The molecule has 6 nitrogen and oxygen atoms in total. The number of nitrogens with zero attached hydrogens (tertiary/aromatic N) is 4. The van der Waals surface area contributed by atoms with Crippen LogP contribution >= 0.6 is 15.9 Å². The second kappa shape index (κ2) is 5.26. The highest BCUT2D eigenvalue weighted by molar-refractivity contribution is 9.10. The van der Waals surface area contributed by atoms with Crippen LogP contribution in [-0.4, -0.2) is 31.3 Å². The molecular formula is C11H11BrN4O2. The molecule has 2 rings (SSSR count). The number of carboxylic acid groups (broad SMARTS) is 1. The average Bonchev–Trinajstić information content (AvgIpc) is 2.72. The van der Waals surface area contributed by atoms with E-state index >= 15 is 0 Å². The Kier molecular flexibility index (Phi) is 3.71. The zero-order valence-corrected chi connectivity index (χ0v) is 11.2. The summed E-state index contributed by atoms with van der Waals surface area (Å²) in [4.78, 5) is 11.3. The van der Waals surface area contributed by atoms with Crippen molar-refractivity contribution in [1.29, 1.82) is 0 Å². The molecule has 0 saturated heterocycles. The third kappa shape index (κ3) is 2.73. The van der Waals surface area contributed by atoms with Crippen molar-refractivity contribution in [3.63, 3.8) is 0 Å². The highest BCUT2D eigenvalue weighted by atomic mass is 79.9. The van der Waals surface area contributed by atoms with Gasteiger partial charge in [-0.15, -0.1) is 5.10 Å². The highest BCUT2D eigenvalue weighted by Gasteiger charge is 2.25. The third-order valence-electron chi connectivity index (χ3n) is 2.59. The van der Waals surface area contributed by atoms with Crippen LogP contribution in [0.1, 0.15) is 17.3 Å². The van der Waals surface area contributed by atoms with Gasteiger partial charge in [-0.3, -0.25) is 4.79 Å². The molecule has 0 amide bonds. The number of rotatable bonds is 4. The number of carboxylic acids is 1. The highest BCUT2D eigenvalue weighted by Crippen LogP contribution is 2.20. The summed E-state index contributed by atoms with van der Waals surface area (Å²) in [6.07, 6.45) is 0.350. The van der Waals surface area contributed by atoms with Crippen LogP contribution in [0.2, 0.25) is 0 Å². The van der Waals surface area contributed by atoms with Crippen LogP contribution in [-0.2, 0) is 18.3 Å². The van der Waals surface area contributed by atoms with E-state index in [9.17, 15) is 9.90 Å². The average molecular weight is 311 g/mol. The molecule has 0 spiro atoms. The molecule has 2 aromatic rings. The molecule has 1 atom stereocenters. The van der Waals surface area contributed by atoms with E-state index in [0.717, 1.165) is 10.0 Å². The number of hydrogen-bond donors (Lipinski definition) is 1. The second-order valence-corrected chi connectivity index (χ2v) is 4.80. The van der Waals surface area contributed by atoms with Gasteiger partial charge >= 0.3 is 5.97 Å². The molecule has 1 N–H and O–H groups in total. The van der Waals surface area contributed by atoms with Gasteiger partial charge in [-0.1, -0.05) is 28.1 Å². The van der Waals surface area contributed by atoms with Gasteiger partial charge in [0.2, 0.25) is 0 Å².